The van der Waals surface area contributed by atoms with Crippen molar-refractivity contribution in [2.75, 3.05) is 13.2 Å². The summed E-state index contributed by atoms with van der Waals surface area (Å²) >= 11 is 0. The van der Waals surface area contributed by atoms with E-state index in [0.29, 0.717) is 19.3 Å². The highest BCUT2D eigenvalue weighted by Crippen LogP contribution is 2.15. The molecule has 0 aliphatic carbocycles. The molecule has 0 rings (SSSR count). The van der Waals surface area contributed by atoms with Crippen LogP contribution in [0, 0.1) is 0 Å². The molecule has 0 aromatic heterocycles. The van der Waals surface area contributed by atoms with Gasteiger partial charge in [-0.15, -0.1) is 0 Å². The largest absolute Gasteiger partial charge is 0.462 e. The van der Waals surface area contributed by atoms with Crippen molar-refractivity contribution >= 4 is 17.9 Å². The van der Waals surface area contributed by atoms with Crippen molar-refractivity contribution < 1.29 is 28.6 Å². The van der Waals surface area contributed by atoms with E-state index in [-0.39, 0.29) is 31.1 Å². The van der Waals surface area contributed by atoms with Crippen LogP contribution < -0.4 is 0 Å². The summed E-state index contributed by atoms with van der Waals surface area (Å²) in [6.07, 6.45) is 75.3. The molecule has 0 aliphatic heterocycles. The summed E-state index contributed by atoms with van der Waals surface area (Å²) in [5.74, 6) is -0.947. The minimum absolute atomic E-state index is 0.0961. The molecule has 0 spiro atoms. The third-order valence-electron chi connectivity index (χ3n) is 12.1. The molecule has 394 valence electrons. The van der Waals surface area contributed by atoms with Crippen molar-refractivity contribution in [3.05, 3.63) is 97.2 Å². The van der Waals surface area contributed by atoms with E-state index >= 15 is 0 Å². The number of allylic oxidation sites excluding steroid dienone is 16. The Balaban J connectivity index is 4.49. The van der Waals surface area contributed by atoms with E-state index in [1.54, 1.807) is 0 Å². The molecule has 69 heavy (non-hydrogen) atoms. The lowest BCUT2D eigenvalue weighted by Crippen LogP contribution is -2.30. The molecule has 0 unspecified atom stereocenters. The number of ether oxygens (including phenoxy) is 3. The number of rotatable bonds is 51. The van der Waals surface area contributed by atoms with Crippen LogP contribution >= 0.6 is 0 Å². The number of hydrogen-bond donors (Lipinski definition) is 0. The van der Waals surface area contributed by atoms with Crippen molar-refractivity contribution in [3.63, 3.8) is 0 Å². The van der Waals surface area contributed by atoms with Crippen molar-refractivity contribution in [2.45, 2.75) is 271 Å². The van der Waals surface area contributed by atoms with E-state index in [2.05, 4.69) is 118 Å². The summed E-state index contributed by atoms with van der Waals surface area (Å²) < 4.78 is 16.8. The Labute approximate surface area is 426 Å². The van der Waals surface area contributed by atoms with Gasteiger partial charge in [-0.25, -0.2) is 0 Å². The first kappa shape index (κ1) is 65.3. The Hall–Kier alpha value is -3.67. The third-order valence-corrected chi connectivity index (χ3v) is 12.1. The minimum Gasteiger partial charge on any atom is -0.462 e. The molecule has 0 fully saturated rings. The SMILES string of the molecule is CC/C=C\C/C=C\C/C=C\C/C=C\C/C=C\CCCCCC(=O)OC[C@@H](COC(=O)CCCCCCCCCCCCCCCCC)OC(=O)CCCCCC/C=C\C/C=C\C/C=C\CCCCC. The van der Waals surface area contributed by atoms with Gasteiger partial charge in [0.1, 0.15) is 13.2 Å². The zero-order chi connectivity index (χ0) is 50.0. The predicted octanol–water partition coefficient (Wildman–Crippen LogP) is 19.3. The van der Waals surface area contributed by atoms with Gasteiger partial charge in [-0.05, 0) is 103 Å². The van der Waals surface area contributed by atoms with Gasteiger partial charge < -0.3 is 14.2 Å². The molecule has 0 heterocycles. The first-order valence-corrected chi connectivity index (χ1v) is 28.7. The summed E-state index contributed by atoms with van der Waals surface area (Å²) in [6, 6.07) is 0. The van der Waals surface area contributed by atoms with Gasteiger partial charge in [0.05, 0.1) is 0 Å². The zero-order valence-electron chi connectivity index (χ0n) is 45.0. The minimum atomic E-state index is -0.803. The lowest BCUT2D eigenvalue weighted by atomic mass is 10.0. The van der Waals surface area contributed by atoms with E-state index in [0.717, 1.165) is 122 Å². The topological polar surface area (TPSA) is 78.9 Å². The van der Waals surface area contributed by atoms with E-state index < -0.39 is 6.10 Å². The van der Waals surface area contributed by atoms with Crippen LogP contribution in [0.4, 0.5) is 0 Å². The van der Waals surface area contributed by atoms with Gasteiger partial charge in [0, 0.05) is 19.3 Å². The van der Waals surface area contributed by atoms with Crippen LogP contribution in [-0.2, 0) is 28.6 Å². The van der Waals surface area contributed by atoms with Crippen molar-refractivity contribution in [3.8, 4) is 0 Å². The standard InChI is InChI=1S/C63H106O6/c1-4-7-10-13-16-19-22-25-28-30-31-33-35-38-41-44-47-50-53-56-62(65)68-59-60(58-67-61(64)55-52-49-46-43-40-37-34-27-24-21-18-15-12-9-6-3)69-63(66)57-54-51-48-45-42-39-36-32-29-26-23-20-17-14-11-8-5-2/h7,10,16-17,19-20,25-26,28-29,31,33,36,38-39,41,60H,4-6,8-9,11-15,18,21-24,27,30,32,34-35,37,40,42-59H2,1-3H3/b10-7-,19-16-,20-17-,28-25-,29-26-,33-31-,39-36-,41-38-/t60-/m1/s1. The van der Waals surface area contributed by atoms with Gasteiger partial charge in [-0.3, -0.25) is 14.4 Å². The molecular weight excluding hydrogens is 853 g/mol. The molecule has 0 bridgehead atoms. The Morgan fingerprint density at radius 2 is 0.565 bits per heavy atom. The molecule has 6 nitrogen and oxygen atoms in total. The molecular formula is C63H106O6. The highest BCUT2D eigenvalue weighted by Gasteiger charge is 2.19. The Kier molecular flexibility index (Phi) is 53.9. The van der Waals surface area contributed by atoms with Crippen LogP contribution in [0.3, 0.4) is 0 Å². The van der Waals surface area contributed by atoms with E-state index in [4.69, 9.17) is 14.2 Å². The lowest BCUT2D eigenvalue weighted by molar-refractivity contribution is -0.167. The second-order valence-electron chi connectivity index (χ2n) is 18.8. The number of esters is 3. The fourth-order valence-electron chi connectivity index (χ4n) is 7.77. The fourth-order valence-corrected chi connectivity index (χ4v) is 7.77. The van der Waals surface area contributed by atoms with Gasteiger partial charge >= 0.3 is 17.9 Å². The Bertz CT molecular complexity index is 1380. The molecule has 0 radical (unpaired) electrons. The monoisotopic (exact) mass is 959 g/mol. The van der Waals surface area contributed by atoms with E-state index in [1.807, 2.05) is 0 Å². The maximum atomic E-state index is 12.9. The first-order valence-electron chi connectivity index (χ1n) is 28.7. The lowest BCUT2D eigenvalue weighted by Gasteiger charge is -2.18. The van der Waals surface area contributed by atoms with Crippen LogP contribution in [0.15, 0.2) is 97.2 Å². The van der Waals surface area contributed by atoms with Gasteiger partial charge in [-0.2, -0.15) is 0 Å². The second-order valence-corrected chi connectivity index (χ2v) is 18.8. The molecule has 1 atom stereocenters. The highest BCUT2D eigenvalue weighted by molar-refractivity contribution is 5.71. The Morgan fingerprint density at radius 3 is 0.928 bits per heavy atom. The number of hydrogen-bond acceptors (Lipinski definition) is 6. The maximum Gasteiger partial charge on any atom is 0.306 e. The molecule has 6 heteroatoms. The van der Waals surface area contributed by atoms with E-state index in [9.17, 15) is 14.4 Å². The zero-order valence-corrected chi connectivity index (χ0v) is 45.0. The summed E-state index contributed by atoms with van der Waals surface area (Å²) in [5.41, 5.74) is 0. The maximum absolute atomic E-state index is 12.9. The van der Waals surface area contributed by atoms with Crippen LogP contribution in [0.25, 0.3) is 0 Å². The highest BCUT2D eigenvalue weighted by atomic mass is 16.6. The number of unbranched alkanes of at least 4 members (excludes halogenated alkanes) is 24. The first-order chi connectivity index (χ1) is 34.0. The van der Waals surface area contributed by atoms with Crippen LogP contribution in [0.2, 0.25) is 0 Å². The molecule has 0 N–H and O–H groups in total. The molecule has 0 aromatic carbocycles. The fraction of sp³-hybridized carbons (Fsp3) is 0.698. The van der Waals surface area contributed by atoms with E-state index in [1.165, 1.54) is 103 Å². The second kappa shape index (κ2) is 56.9. The molecule has 0 aliphatic rings. The van der Waals surface area contributed by atoms with Gasteiger partial charge in [0.15, 0.2) is 6.10 Å². The quantitative estimate of drug-likeness (QED) is 0.0262. The number of carbonyl (C=O) groups is 3. The predicted molar refractivity (Wildman–Crippen MR) is 297 cm³/mol. The van der Waals surface area contributed by atoms with Gasteiger partial charge in [-0.1, -0.05) is 240 Å². The average molecular weight is 960 g/mol. The van der Waals surface area contributed by atoms with Gasteiger partial charge in [0.2, 0.25) is 0 Å². The molecule has 0 amide bonds. The molecule has 0 saturated heterocycles. The molecule has 0 aromatic rings. The third kappa shape index (κ3) is 55.1. The summed E-state index contributed by atoms with van der Waals surface area (Å²) in [7, 11) is 0. The Morgan fingerprint density at radius 1 is 0.304 bits per heavy atom. The van der Waals surface area contributed by atoms with Crippen molar-refractivity contribution in [2.24, 2.45) is 0 Å². The van der Waals surface area contributed by atoms with Crippen LogP contribution in [0.1, 0.15) is 265 Å². The normalized spacial score (nSPS) is 12.8. The smallest absolute Gasteiger partial charge is 0.306 e. The van der Waals surface area contributed by atoms with Crippen molar-refractivity contribution in [1.29, 1.82) is 0 Å². The summed E-state index contributed by atoms with van der Waals surface area (Å²) in [5, 5.41) is 0. The molecule has 0 saturated carbocycles. The van der Waals surface area contributed by atoms with Crippen LogP contribution in [0.5, 0.6) is 0 Å². The summed E-state index contributed by atoms with van der Waals surface area (Å²) in [6.45, 7) is 6.46. The van der Waals surface area contributed by atoms with Gasteiger partial charge in [0.25, 0.3) is 0 Å². The van der Waals surface area contributed by atoms with Crippen LogP contribution in [-0.4, -0.2) is 37.2 Å². The number of carbonyl (C=O) groups excluding carboxylic acids is 3. The van der Waals surface area contributed by atoms with Crippen molar-refractivity contribution in [1.82, 2.24) is 0 Å². The summed E-state index contributed by atoms with van der Waals surface area (Å²) in [4.78, 5) is 38.2. The average Bonchev–Trinajstić information content (AvgIpc) is 3.35.